The molecular weight excluding hydrogens is 344 g/mol. The molecule has 2 aliphatic heterocycles. The first-order chi connectivity index (χ1) is 11.7. The molecule has 0 spiro atoms. The SMILES string of the molecule is O=C(OCCN1CCCC1=O)c1ccccc1CSC1=NCCS1. The van der Waals surface area contributed by atoms with Crippen LogP contribution in [0.3, 0.4) is 0 Å². The fourth-order valence-corrected chi connectivity index (χ4v) is 4.67. The zero-order valence-electron chi connectivity index (χ0n) is 13.4. The third-order valence-electron chi connectivity index (χ3n) is 3.91. The van der Waals surface area contributed by atoms with Gasteiger partial charge in [0.1, 0.15) is 11.0 Å². The Bertz CT molecular complexity index is 648. The van der Waals surface area contributed by atoms with E-state index >= 15 is 0 Å². The zero-order valence-corrected chi connectivity index (χ0v) is 15.0. The summed E-state index contributed by atoms with van der Waals surface area (Å²) in [5.74, 6) is 1.58. The smallest absolute Gasteiger partial charge is 0.338 e. The van der Waals surface area contributed by atoms with E-state index in [0.29, 0.717) is 24.3 Å². The van der Waals surface area contributed by atoms with Crippen molar-refractivity contribution in [2.24, 2.45) is 4.99 Å². The van der Waals surface area contributed by atoms with Crippen LogP contribution in [-0.4, -0.2) is 53.1 Å². The van der Waals surface area contributed by atoms with E-state index in [1.165, 1.54) is 0 Å². The molecule has 2 heterocycles. The summed E-state index contributed by atoms with van der Waals surface area (Å²) < 4.78 is 6.46. The number of hydrogen-bond donors (Lipinski definition) is 0. The average Bonchev–Trinajstić information content (AvgIpc) is 3.25. The monoisotopic (exact) mass is 364 g/mol. The Labute approximate surface area is 150 Å². The molecule has 1 fully saturated rings. The number of thioether (sulfide) groups is 2. The number of amides is 1. The minimum atomic E-state index is -0.321. The number of esters is 1. The van der Waals surface area contributed by atoms with Crippen molar-refractivity contribution < 1.29 is 14.3 Å². The Balaban J connectivity index is 1.52. The van der Waals surface area contributed by atoms with E-state index in [4.69, 9.17) is 4.74 Å². The summed E-state index contributed by atoms with van der Waals surface area (Å²) in [6, 6.07) is 7.52. The van der Waals surface area contributed by atoms with E-state index in [-0.39, 0.29) is 18.5 Å². The van der Waals surface area contributed by atoms with E-state index in [0.717, 1.165) is 35.2 Å². The Hall–Kier alpha value is -1.47. The molecular formula is C17H20N2O3S2. The van der Waals surface area contributed by atoms with E-state index < -0.39 is 0 Å². The minimum Gasteiger partial charge on any atom is -0.460 e. The van der Waals surface area contributed by atoms with Crippen molar-refractivity contribution >= 4 is 39.8 Å². The lowest BCUT2D eigenvalue weighted by Gasteiger charge is -2.15. The highest BCUT2D eigenvalue weighted by Crippen LogP contribution is 2.26. The molecule has 2 aliphatic rings. The molecule has 0 atom stereocenters. The fourth-order valence-electron chi connectivity index (χ4n) is 2.65. The number of aliphatic imine (C=N–C) groups is 1. The maximum Gasteiger partial charge on any atom is 0.338 e. The van der Waals surface area contributed by atoms with Gasteiger partial charge in [-0.1, -0.05) is 41.7 Å². The number of carbonyl (C=O) groups excluding carboxylic acids is 2. The lowest BCUT2D eigenvalue weighted by molar-refractivity contribution is -0.128. The quantitative estimate of drug-likeness (QED) is 0.727. The van der Waals surface area contributed by atoms with E-state index in [2.05, 4.69) is 4.99 Å². The van der Waals surface area contributed by atoms with Gasteiger partial charge in [-0.25, -0.2) is 4.79 Å². The van der Waals surface area contributed by atoms with Gasteiger partial charge >= 0.3 is 5.97 Å². The van der Waals surface area contributed by atoms with Crippen LogP contribution in [0.4, 0.5) is 0 Å². The Morgan fingerprint density at radius 3 is 3.00 bits per heavy atom. The molecule has 1 amide bonds. The molecule has 0 radical (unpaired) electrons. The molecule has 0 aromatic heterocycles. The molecule has 3 rings (SSSR count). The lowest BCUT2D eigenvalue weighted by atomic mass is 10.1. The second kappa shape index (κ2) is 8.58. The maximum atomic E-state index is 12.3. The standard InChI is InChI=1S/C17H20N2O3S2/c20-15-6-3-8-19(15)9-10-22-16(21)14-5-2-1-4-13(14)12-24-17-18-7-11-23-17/h1-2,4-5H,3,6-12H2. The van der Waals surface area contributed by atoms with Crippen LogP contribution in [0, 0.1) is 0 Å². The van der Waals surface area contributed by atoms with Gasteiger partial charge in [-0.3, -0.25) is 9.79 Å². The second-order valence-electron chi connectivity index (χ2n) is 5.56. The highest BCUT2D eigenvalue weighted by Gasteiger charge is 2.20. The molecule has 7 heteroatoms. The van der Waals surface area contributed by atoms with Gasteiger partial charge in [0, 0.05) is 24.5 Å². The fraction of sp³-hybridized carbons (Fsp3) is 0.471. The van der Waals surface area contributed by atoms with Crippen LogP contribution in [0.15, 0.2) is 29.3 Å². The first-order valence-corrected chi connectivity index (χ1v) is 10.0. The summed E-state index contributed by atoms with van der Waals surface area (Å²) in [6.07, 6.45) is 1.50. The Morgan fingerprint density at radius 2 is 2.25 bits per heavy atom. The third kappa shape index (κ3) is 4.54. The predicted molar refractivity (Wildman–Crippen MR) is 98.6 cm³/mol. The van der Waals surface area contributed by atoms with Crippen LogP contribution in [0.25, 0.3) is 0 Å². The topological polar surface area (TPSA) is 59.0 Å². The molecule has 1 aromatic carbocycles. The highest BCUT2D eigenvalue weighted by atomic mass is 32.2. The second-order valence-corrected chi connectivity index (χ2v) is 7.87. The van der Waals surface area contributed by atoms with Crippen molar-refractivity contribution in [1.29, 1.82) is 0 Å². The highest BCUT2D eigenvalue weighted by molar-refractivity contribution is 8.38. The summed E-state index contributed by atoms with van der Waals surface area (Å²) in [7, 11) is 0. The molecule has 5 nitrogen and oxygen atoms in total. The van der Waals surface area contributed by atoms with Crippen LogP contribution >= 0.6 is 23.5 Å². The summed E-state index contributed by atoms with van der Waals surface area (Å²) in [6.45, 7) is 2.37. The number of rotatable bonds is 6. The summed E-state index contributed by atoms with van der Waals surface area (Å²) in [5, 5.41) is 0. The molecule has 1 aromatic rings. The normalized spacial score (nSPS) is 17.2. The number of likely N-dealkylation sites (tertiary alicyclic amines) is 1. The van der Waals surface area contributed by atoms with Crippen LogP contribution in [0.5, 0.6) is 0 Å². The van der Waals surface area contributed by atoms with Crippen LogP contribution in [-0.2, 0) is 15.3 Å². The van der Waals surface area contributed by atoms with Gasteiger partial charge in [0.2, 0.25) is 5.91 Å². The van der Waals surface area contributed by atoms with Crippen molar-refractivity contribution in [3.63, 3.8) is 0 Å². The first-order valence-electron chi connectivity index (χ1n) is 8.07. The van der Waals surface area contributed by atoms with Gasteiger partial charge in [0.15, 0.2) is 0 Å². The Kier molecular flexibility index (Phi) is 6.20. The molecule has 1 saturated heterocycles. The molecule has 24 heavy (non-hydrogen) atoms. The molecule has 128 valence electrons. The average molecular weight is 364 g/mol. The maximum absolute atomic E-state index is 12.3. The van der Waals surface area contributed by atoms with Crippen LogP contribution in [0.1, 0.15) is 28.8 Å². The number of carbonyl (C=O) groups is 2. The lowest BCUT2D eigenvalue weighted by Crippen LogP contribution is -2.29. The summed E-state index contributed by atoms with van der Waals surface area (Å²) in [4.78, 5) is 30.1. The number of ether oxygens (including phenoxy) is 1. The van der Waals surface area contributed by atoms with Crippen molar-refractivity contribution in [1.82, 2.24) is 4.90 Å². The zero-order chi connectivity index (χ0) is 16.8. The van der Waals surface area contributed by atoms with Crippen molar-refractivity contribution in [3.8, 4) is 0 Å². The van der Waals surface area contributed by atoms with Gasteiger partial charge < -0.3 is 9.64 Å². The van der Waals surface area contributed by atoms with Gasteiger partial charge in [-0.2, -0.15) is 0 Å². The number of hydrogen-bond acceptors (Lipinski definition) is 6. The largest absolute Gasteiger partial charge is 0.460 e. The van der Waals surface area contributed by atoms with Gasteiger partial charge in [0.25, 0.3) is 0 Å². The summed E-state index contributed by atoms with van der Waals surface area (Å²) in [5.41, 5.74) is 1.56. The van der Waals surface area contributed by atoms with Crippen LogP contribution < -0.4 is 0 Å². The summed E-state index contributed by atoms with van der Waals surface area (Å²) >= 11 is 3.43. The van der Waals surface area contributed by atoms with Crippen molar-refractivity contribution in [2.45, 2.75) is 18.6 Å². The molecule has 0 saturated carbocycles. The van der Waals surface area contributed by atoms with Gasteiger partial charge in [0.05, 0.1) is 18.7 Å². The van der Waals surface area contributed by atoms with Crippen molar-refractivity contribution in [3.05, 3.63) is 35.4 Å². The van der Waals surface area contributed by atoms with E-state index in [1.807, 2.05) is 18.2 Å². The molecule has 0 unspecified atom stereocenters. The number of nitrogens with zero attached hydrogens (tertiary/aromatic N) is 2. The van der Waals surface area contributed by atoms with Crippen molar-refractivity contribution in [2.75, 3.05) is 32.0 Å². The Morgan fingerprint density at radius 1 is 1.38 bits per heavy atom. The van der Waals surface area contributed by atoms with Crippen LogP contribution in [0.2, 0.25) is 0 Å². The number of benzene rings is 1. The first kappa shape index (κ1) is 17.4. The third-order valence-corrected chi connectivity index (χ3v) is 6.21. The minimum absolute atomic E-state index is 0.151. The molecule has 0 bridgehead atoms. The van der Waals surface area contributed by atoms with E-state index in [9.17, 15) is 9.59 Å². The molecule has 0 aliphatic carbocycles. The molecule has 0 N–H and O–H groups in total. The predicted octanol–water partition coefficient (Wildman–Crippen LogP) is 2.80. The van der Waals surface area contributed by atoms with Gasteiger partial charge in [-0.15, -0.1) is 0 Å². The van der Waals surface area contributed by atoms with E-state index in [1.54, 1.807) is 34.5 Å². The van der Waals surface area contributed by atoms with Gasteiger partial charge in [-0.05, 0) is 18.1 Å².